The number of hydrogen-bond donors (Lipinski definition) is 3. The highest BCUT2D eigenvalue weighted by molar-refractivity contribution is 9.10. The Kier molecular flexibility index (Phi) is 5.61. The molecule has 0 fully saturated rings. The molecule has 5 nitrogen and oxygen atoms in total. The fourth-order valence-electron chi connectivity index (χ4n) is 2.02. The summed E-state index contributed by atoms with van der Waals surface area (Å²) in [5.74, 6) is -0.401. The molecule has 0 aliphatic heterocycles. The zero-order valence-corrected chi connectivity index (χ0v) is 14.8. The Hall–Kier alpha value is -2.78. The number of nitrogens with one attached hydrogen (secondary N) is 2. The van der Waals surface area contributed by atoms with Crippen molar-refractivity contribution in [3.05, 3.63) is 63.8 Å². The second-order valence-electron chi connectivity index (χ2n) is 5.23. The van der Waals surface area contributed by atoms with Crippen LogP contribution in [0.25, 0.3) is 0 Å². The van der Waals surface area contributed by atoms with Gasteiger partial charge in [0, 0.05) is 22.0 Å². The number of carbonyl (C=O) groups excluding carboxylic acids is 1. The van der Waals surface area contributed by atoms with Gasteiger partial charge in [-0.25, -0.2) is 0 Å². The van der Waals surface area contributed by atoms with Gasteiger partial charge in [-0.2, -0.15) is 5.26 Å². The number of hydrogen-bond acceptors (Lipinski definition) is 4. The Morgan fingerprint density at radius 1 is 1.21 bits per heavy atom. The average Bonchev–Trinajstić information content (AvgIpc) is 2.54. The van der Waals surface area contributed by atoms with Crippen molar-refractivity contribution in [1.29, 1.82) is 5.26 Å². The van der Waals surface area contributed by atoms with Gasteiger partial charge in [0.15, 0.2) is 0 Å². The van der Waals surface area contributed by atoms with Gasteiger partial charge in [-0.3, -0.25) is 4.79 Å². The van der Waals surface area contributed by atoms with Crippen molar-refractivity contribution in [1.82, 2.24) is 0 Å². The zero-order chi connectivity index (χ0) is 17.7. The zero-order valence-electron chi connectivity index (χ0n) is 13.2. The van der Waals surface area contributed by atoms with Gasteiger partial charge in [0.05, 0.1) is 0 Å². The van der Waals surface area contributed by atoms with E-state index in [9.17, 15) is 15.2 Å². The Balaban J connectivity index is 2.13. The Morgan fingerprint density at radius 3 is 2.58 bits per heavy atom. The highest BCUT2D eigenvalue weighted by atomic mass is 79.9. The predicted molar refractivity (Wildman–Crippen MR) is 97.7 cm³/mol. The molecule has 2 rings (SSSR count). The van der Waals surface area contributed by atoms with Crippen molar-refractivity contribution < 1.29 is 9.90 Å². The number of halogens is 1. The monoisotopic (exact) mass is 385 g/mol. The van der Waals surface area contributed by atoms with Gasteiger partial charge in [0.1, 0.15) is 17.4 Å². The van der Waals surface area contributed by atoms with Crippen LogP contribution in [0.2, 0.25) is 0 Å². The highest BCUT2D eigenvalue weighted by Gasteiger charge is 2.11. The molecule has 0 atom stereocenters. The summed E-state index contributed by atoms with van der Waals surface area (Å²) in [7, 11) is 0. The highest BCUT2D eigenvalue weighted by Crippen LogP contribution is 2.21. The van der Waals surface area contributed by atoms with Gasteiger partial charge >= 0.3 is 0 Å². The molecular formula is C18H16BrN3O2. The molecule has 2 aromatic rings. The van der Waals surface area contributed by atoms with Crippen molar-refractivity contribution in [2.75, 3.05) is 10.6 Å². The molecule has 0 radical (unpaired) electrons. The standard InChI is InChI=1S/C18H16BrN3O2/c1-11-7-14(3-5-16(11)19)21-10-13(9-20)18(24)22-17-6-4-15(23)8-12(17)2/h3-8,10,21,23H,1-2H3,(H,22,24)/b13-10-. The van der Waals surface area contributed by atoms with Crippen molar-refractivity contribution >= 4 is 33.2 Å². The second-order valence-corrected chi connectivity index (χ2v) is 6.09. The molecule has 0 saturated heterocycles. The van der Waals surface area contributed by atoms with Gasteiger partial charge < -0.3 is 15.7 Å². The molecule has 0 spiro atoms. The number of amides is 1. The molecule has 6 heteroatoms. The maximum atomic E-state index is 12.2. The maximum Gasteiger partial charge on any atom is 0.267 e. The van der Waals surface area contributed by atoms with Crippen LogP contribution in [0.1, 0.15) is 11.1 Å². The third-order valence-corrected chi connectivity index (χ3v) is 4.25. The molecule has 0 saturated carbocycles. The lowest BCUT2D eigenvalue weighted by Crippen LogP contribution is -2.15. The van der Waals surface area contributed by atoms with Crippen LogP contribution in [-0.4, -0.2) is 11.0 Å². The molecule has 122 valence electrons. The normalized spacial score (nSPS) is 10.8. The number of aromatic hydroxyl groups is 1. The Morgan fingerprint density at radius 2 is 1.96 bits per heavy atom. The molecule has 2 aromatic carbocycles. The van der Waals surface area contributed by atoms with Gasteiger partial charge in [0.25, 0.3) is 5.91 Å². The molecule has 0 unspecified atom stereocenters. The van der Waals surface area contributed by atoms with E-state index in [1.165, 1.54) is 18.3 Å². The molecule has 0 aliphatic rings. The third kappa shape index (κ3) is 4.37. The van der Waals surface area contributed by atoms with Crippen LogP contribution >= 0.6 is 15.9 Å². The summed E-state index contributed by atoms with van der Waals surface area (Å²) >= 11 is 3.42. The van der Waals surface area contributed by atoms with Crippen LogP contribution in [0.3, 0.4) is 0 Å². The third-order valence-electron chi connectivity index (χ3n) is 3.36. The number of nitriles is 1. The van der Waals surface area contributed by atoms with E-state index in [-0.39, 0.29) is 11.3 Å². The van der Waals surface area contributed by atoms with Gasteiger partial charge in [0.2, 0.25) is 0 Å². The van der Waals surface area contributed by atoms with E-state index in [2.05, 4.69) is 26.6 Å². The topological polar surface area (TPSA) is 85.2 Å². The smallest absolute Gasteiger partial charge is 0.267 e. The van der Waals surface area contributed by atoms with Crippen molar-refractivity contribution in [3.8, 4) is 11.8 Å². The van der Waals surface area contributed by atoms with E-state index >= 15 is 0 Å². The molecule has 1 amide bonds. The lowest BCUT2D eigenvalue weighted by molar-refractivity contribution is -0.112. The molecule has 0 bridgehead atoms. The summed E-state index contributed by atoms with van der Waals surface area (Å²) in [5, 5.41) is 24.2. The first-order valence-electron chi connectivity index (χ1n) is 7.14. The van der Waals surface area contributed by atoms with Gasteiger partial charge in [-0.15, -0.1) is 0 Å². The van der Waals surface area contributed by atoms with Crippen LogP contribution in [0.15, 0.2) is 52.6 Å². The molecule has 0 aromatic heterocycles. The minimum atomic E-state index is -0.521. The fourth-order valence-corrected chi connectivity index (χ4v) is 2.26. The molecule has 24 heavy (non-hydrogen) atoms. The number of phenolic OH excluding ortho intramolecular Hbond substituents is 1. The van der Waals surface area contributed by atoms with E-state index in [1.54, 1.807) is 13.0 Å². The number of phenols is 1. The summed E-state index contributed by atoms with van der Waals surface area (Å²) in [6, 6.07) is 12.1. The van der Waals surface area contributed by atoms with E-state index in [0.29, 0.717) is 11.3 Å². The minimum Gasteiger partial charge on any atom is -0.508 e. The summed E-state index contributed by atoms with van der Waals surface area (Å²) < 4.78 is 0.984. The van der Waals surface area contributed by atoms with Crippen LogP contribution in [-0.2, 0) is 4.79 Å². The first-order chi connectivity index (χ1) is 11.4. The molecular weight excluding hydrogens is 370 g/mol. The number of nitrogens with zero attached hydrogens (tertiary/aromatic N) is 1. The first kappa shape index (κ1) is 17.6. The van der Waals surface area contributed by atoms with Crippen LogP contribution in [0.5, 0.6) is 5.75 Å². The van der Waals surface area contributed by atoms with Gasteiger partial charge in [-0.05, 0) is 61.4 Å². The van der Waals surface area contributed by atoms with E-state index in [1.807, 2.05) is 31.2 Å². The summed E-state index contributed by atoms with van der Waals surface area (Å²) in [6.07, 6.45) is 1.37. The Labute approximate surface area is 148 Å². The first-order valence-corrected chi connectivity index (χ1v) is 7.94. The maximum absolute atomic E-state index is 12.2. The number of anilines is 2. The van der Waals surface area contributed by atoms with Crippen LogP contribution < -0.4 is 10.6 Å². The second kappa shape index (κ2) is 7.66. The molecule has 3 N–H and O–H groups in total. The summed E-state index contributed by atoms with van der Waals surface area (Å²) in [4.78, 5) is 12.2. The van der Waals surface area contributed by atoms with Crippen LogP contribution in [0, 0.1) is 25.2 Å². The average molecular weight is 386 g/mol. The Bertz CT molecular complexity index is 854. The summed E-state index contributed by atoms with van der Waals surface area (Å²) in [5.41, 5.74) is 3.01. The lowest BCUT2D eigenvalue weighted by Gasteiger charge is -2.09. The van der Waals surface area contributed by atoms with Gasteiger partial charge in [-0.1, -0.05) is 15.9 Å². The van der Waals surface area contributed by atoms with Crippen molar-refractivity contribution in [3.63, 3.8) is 0 Å². The fraction of sp³-hybridized carbons (Fsp3) is 0.111. The van der Waals surface area contributed by atoms with E-state index in [4.69, 9.17) is 0 Å². The van der Waals surface area contributed by atoms with Crippen molar-refractivity contribution in [2.24, 2.45) is 0 Å². The SMILES string of the molecule is Cc1cc(N/C=C(/C#N)C(=O)Nc2ccc(O)cc2C)ccc1Br. The number of rotatable bonds is 4. The number of carbonyl (C=O) groups is 1. The molecule has 0 heterocycles. The predicted octanol–water partition coefficient (Wildman–Crippen LogP) is 4.23. The van der Waals surface area contributed by atoms with E-state index < -0.39 is 5.91 Å². The minimum absolute atomic E-state index is 0.0527. The number of aryl methyl sites for hydroxylation is 2. The molecule has 0 aliphatic carbocycles. The van der Waals surface area contributed by atoms with Crippen molar-refractivity contribution in [2.45, 2.75) is 13.8 Å². The largest absolute Gasteiger partial charge is 0.508 e. The summed E-state index contributed by atoms with van der Waals surface area (Å²) in [6.45, 7) is 3.71. The van der Waals surface area contributed by atoms with E-state index in [0.717, 1.165) is 15.7 Å². The quantitative estimate of drug-likeness (QED) is 0.417. The van der Waals surface area contributed by atoms with Crippen LogP contribution in [0.4, 0.5) is 11.4 Å². The number of benzene rings is 2. The lowest BCUT2D eigenvalue weighted by atomic mass is 10.1.